The summed E-state index contributed by atoms with van der Waals surface area (Å²) in [5.74, 6) is 0.932. The highest BCUT2D eigenvalue weighted by molar-refractivity contribution is 4.80. The lowest BCUT2D eigenvalue weighted by molar-refractivity contribution is 0.0718. The highest BCUT2D eigenvalue weighted by Crippen LogP contribution is 2.26. The van der Waals surface area contributed by atoms with Crippen LogP contribution in [0.5, 0.6) is 0 Å². The van der Waals surface area contributed by atoms with Crippen molar-refractivity contribution in [1.82, 2.24) is 5.32 Å². The van der Waals surface area contributed by atoms with Crippen molar-refractivity contribution in [3.05, 3.63) is 0 Å². The lowest BCUT2D eigenvalue weighted by Crippen LogP contribution is -2.44. The summed E-state index contributed by atoms with van der Waals surface area (Å²) < 4.78 is 5.39. The molecular formula is C13H25NO. The summed E-state index contributed by atoms with van der Waals surface area (Å²) in [4.78, 5) is 0. The monoisotopic (exact) mass is 211 g/mol. The molecular weight excluding hydrogens is 186 g/mol. The second kappa shape index (κ2) is 5.86. The Labute approximate surface area is 93.8 Å². The van der Waals surface area contributed by atoms with Crippen molar-refractivity contribution in [1.29, 1.82) is 0 Å². The molecule has 0 aromatic rings. The molecule has 0 spiro atoms. The Morgan fingerprint density at radius 2 is 1.67 bits per heavy atom. The van der Waals surface area contributed by atoms with Gasteiger partial charge in [0.15, 0.2) is 0 Å². The smallest absolute Gasteiger partial charge is 0.0480 e. The van der Waals surface area contributed by atoms with Gasteiger partial charge in [-0.3, -0.25) is 0 Å². The van der Waals surface area contributed by atoms with Crippen LogP contribution in [0.4, 0.5) is 0 Å². The molecule has 2 nitrogen and oxygen atoms in total. The molecule has 0 aromatic carbocycles. The predicted molar refractivity (Wildman–Crippen MR) is 63.0 cm³/mol. The third-order valence-electron chi connectivity index (χ3n) is 4.08. The van der Waals surface area contributed by atoms with Crippen molar-refractivity contribution in [3.8, 4) is 0 Å². The largest absolute Gasteiger partial charge is 0.381 e. The van der Waals surface area contributed by atoms with E-state index < -0.39 is 0 Å². The van der Waals surface area contributed by atoms with Crippen molar-refractivity contribution < 1.29 is 4.74 Å². The average Bonchev–Trinajstić information content (AvgIpc) is 2.31. The summed E-state index contributed by atoms with van der Waals surface area (Å²) in [5, 5.41) is 3.81. The van der Waals surface area contributed by atoms with Crippen molar-refractivity contribution in [3.63, 3.8) is 0 Å². The van der Waals surface area contributed by atoms with E-state index in [4.69, 9.17) is 4.74 Å². The van der Waals surface area contributed by atoms with Crippen LogP contribution < -0.4 is 5.32 Å². The fourth-order valence-corrected chi connectivity index (χ4v) is 3.01. The zero-order valence-electron chi connectivity index (χ0n) is 10.0. The van der Waals surface area contributed by atoms with Gasteiger partial charge in [-0.2, -0.15) is 0 Å². The average molecular weight is 211 g/mol. The summed E-state index contributed by atoms with van der Waals surface area (Å²) in [6.07, 6.45) is 9.65. The summed E-state index contributed by atoms with van der Waals surface area (Å²) in [6.45, 7) is 4.29. The normalized spacial score (nSPS) is 27.8. The van der Waals surface area contributed by atoms with Crippen molar-refractivity contribution in [2.75, 3.05) is 13.2 Å². The van der Waals surface area contributed by atoms with Gasteiger partial charge in [-0.15, -0.1) is 0 Å². The number of ether oxygens (including phenoxy) is 1. The first-order chi connectivity index (χ1) is 7.36. The molecule has 0 unspecified atom stereocenters. The molecule has 15 heavy (non-hydrogen) atoms. The summed E-state index contributed by atoms with van der Waals surface area (Å²) in [5.41, 5.74) is 0. The zero-order chi connectivity index (χ0) is 10.5. The maximum absolute atomic E-state index is 5.39. The van der Waals surface area contributed by atoms with Crippen LogP contribution in [0, 0.1) is 5.92 Å². The Morgan fingerprint density at radius 3 is 2.33 bits per heavy atom. The third kappa shape index (κ3) is 3.46. The van der Waals surface area contributed by atoms with Crippen LogP contribution in [0.25, 0.3) is 0 Å². The second-order valence-electron chi connectivity index (χ2n) is 5.24. The van der Waals surface area contributed by atoms with Crippen LogP contribution in [0.3, 0.4) is 0 Å². The van der Waals surface area contributed by atoms with Gasteiger partial charge < -0.3 is 10.1 Å². The highest BCUT2D eigenvalue weighted by atomic mass is 16.5. The maximum Gasteiger partial charge on any atom is 0.0480 e. The minimum atomic E-state index is 0.716. The van der Waals surface area contributed by atoms with Crippen LogP contribution in [0.15, 0.2) is 0 Å². The van der Waals surface area contributed by atoms with E-state index >= 15 is 0 Å². The Morgan fingerprint density at radius 1 is 1.00 bits per heavy atom. The van der Waals surface area contributed by atoms with Gasteiger partial charge in [0, 0.05) is 25.3 Å². The zero-order valence-corrected chi connectivity index (χ0v) is 10.0. The highest BCUT2D eigenvalue weighted by Gasteiger charge is 2.23. The number of hydrogen-bond acceptors (Lipinski definition) is 2. The van der Waals surface area contributed by atoms with Gasteiger partial charge >= 0.3 is 0 Å². The number of rotatable bonds is 3. The summed E-state index contributed by atoms with van der Waals surface area (Å²) in [6, 6.07) is 1.43. The van der Waals surface area contributed by atoms with E-state index in [1.54, 1.807) is 0 Å². The van der Waals surface area contributed by atoms with E-state index in [9.17, 15) is 0 Å². The van der Waals surface area contributed by atoms with E-state index in [-0.39, 0.29) is 0 Å². The molecule has 88 valence electrons. The predicted octanol–water partition coefficient (Wildman–Crippen LogP) is 2.72. The van der Waals surface area contributed by atoms with Gasteiger partial charge in [-0.05, 0) is 38.5 Å². The van der Waals surface area contributed by atoms with Gasteiger partial charge in [0.1, 0.15) is 0 Å². The maximum atomic E-state index is 5.39. The molecule has 1 heterocycles. The molecule has 2 aliphatic rings. The van der Waals surface area contributed by atoms with Crippen LogP contribution in [0.2, 0.25) is 0 Å². The number of nitrogens with one attached hydrogen (secondary N) is 1. The first-order valence-corrected chi connectivity index (χ1v) is 6.70. The Bertz CT molecular complexity index is 171. The Hall–Kier alpha value is -0.0800. The molecule has 2 heteroatoms. The van der Waals surface area contributed by atoms with E-state index in [0.29, 0.717) is 6.04 Å². The van der Waals surface area contributed by atoms with E-state index in [1.807, 2.05) is 0 Å². The molecule has 1 saturated heterocycles. The van der Waals surface area contributed by atoms with Gasteiger partial charge in [0.2, 0.25) is 0 Å². The molecule has 1 N–H and O–H groups in total. The molecule has 1 saturated carbocycles. The topological polar surface area (TPSA) is 21.3 Å². The summed E-state index contributed by atoms with van der Waals surface area (Å²) in [7, 11) is 0. The first-order valence-electron chi connectivity index (χ1n) is 6.70. The van der Waals surface area contributed by atoms with Crippen LogP contribution in [0.1, 0.15) is 51.9 Å². The summed E-state index contributed by atoms with van der Waals surface area (Å²) >= 11 is 0. The van der Waals surface area contributed by atoms with E-state index in [2.05, 4.69) is 12.2 Å². The van der Waals surface area contributed by atoms with Crippen molar-refractivity contribution in [2.24, 2.45) is 5.92 Å². The molecule has 2 rings (SSSR count). The minimum Gasteiger partial charge on any atom is -0.381 e. The molecule has 0 bridgehead atoms. The van der Waals surface area contributed by atoms with Gasteiger partial charge in [0.05, 0.1) is 0 Å². The van der Waals surface area contributed by atoms with Crippen LogP contribution in [-0.2, 0) is 4.74 Å². The lowest BCUT2D eigenvalue weighted by Gasteiger charge is -2.33. The Kier molecular flexibility index (Phi) is 4.45. The quantitative estimate of drug-likeness (QED) is 0.775. The third-order valence-corrected chi connectivity index (χ3v) is 4.08. The molecule has 1 atom stereocenters. The van der Waals surface area contributed by atoms with Gasteiger partial charge in [0.25, 0.3) is 0 Å². The number of hydrogen-bond donors (Lipinski definition) is 1. The molecule has 1 aliphatic carbocycles. The van der Waals surface area contributed by atoms with Crippen molar-refractivity contribution in [2.45, 2.75) is 64.0 Å². The molecule has 0 amide bonds. The fourth-order valence-electron chi connectivity index (χ4n) is 3.01. The van der Waals surface area contributed by atoms with Crippen LogP contribution in [-0.4, -0.2) is 25.3 Å². The van der Waals surface area contributed by atoms with Crippen LogP contribution >= 0.6 is 0 Å². The minimum absolute atomic E-state index is 0.716. The fraction of sp³-hybridized carbons (Fsp3) is 1.00. The molecule has 1 aliphatic heterocycles. The Balaban J connectivity index is 1.72. The molecule has 0 radical (unpaired) electrons. The first kappa shape index (κ1) is 11.4. The SMILES string of the molecule is C[C@@H](NC1CCOCC1)C1CCCCC1. The van der Waals surface area contributed by atoms with Gasteiger partial charge in [-0.25, -0.2) is 0 Å². The van der Waals surface area contributed by atoms with E-state index in [1.165, 1.54) is 44.9 Å². The molecule has 2 fully saturated rings. The molecule has 0 aromatic heterocycles. The van der Waals surface area contributed by atoms with E-state index in [0.717, 1.165) is 25.2 Å². The van der Waals surface area contributed by atoms with Crippen molar-refractivity contribution >= 4 is 0 Å². The lowest BCUT2D eigenvalue weighted by atomic mass is 9.84. The standard InChI is InChI=1S/C13H25NO/c1-11(12-5-3-2-4-6-12)14-13-7-9-15-10-8-13/h11-14H,2-10H2,1H3/t11-/m1/s1. The second-order valence-corrected chi connectivity index (χ2v) is 5.24. The van der Waals surface area contributed by atoms with Gasteiger partial charge in [-0.1, -0.05) is 19.3 Å².